The van der Waals surface area contributed by atoms with Gasteiger partial charge in [-0.15, -0.1) is 0 Å². The Labute approximate surface area is 81.7 Å². The van der Waals surface area contributed by atoms with Crippen molar-refractivity contribution < 1.29 is 8.42 Å². The average molecular weight is 221 g/mol. The molecular formula is C6H11N3O2S2. The molecule has 0 aromatic carbocycles. The van der Waals surface area contributed by atoms with Gasteiger partial charge >= 0.3 is 0 Å². The highest BCUT2D eigenvalue weighted by Gasteiger charge is 2.01. The van der Waals surface area contributed by atoms with E-state index in [1.54, 1.807) is 10.9 Å². The standard InChI is InChI=1S/C6H11N3O2S2/c1-13(10,11)4-2-3-9-5-7-8-6(9)12/h5H,2-4H2,1H3,(H,8,12). The topological polar surface area (TPSA) is 67.8 Å². The minimum Gasteiger partial charge on any atom is -0.307 e. The summed E-state index contributed by atoms with van der Waals surface area (Å²) < 4.78 is 23.8. The van der Waals surface area contributed by atoms with Gasteiger partial charge in [0.2, 0.25) is 0 Å². The van der Waals surface area contributed by atoms with Gasteiger partial charge in [0, 0.05) is 12.8 Å². The lowest BCUT2D eigenvalue weighted by Crippen LogP contribution is -2.06. The lowest BCUT2D eigenvalue weighted by atomic mass is 10.5. The highest BCUT2D eigenvalue weighted by molar-refractivity contribution is 7.90. The van der Waals surface area contributed by atoms with E-state index in [-0.39, 0.29) is 5.75 Å². The zero-order chi connectivity index (χ0) is 9.90. The zero-order valence-electron chi connectivity index (χ0n) is 7.23. The van der Waals surface area contributed by atoms with Crippen molar-refractivity contribution in [1.82, 2.24) is 14.8 Å². The summed E-state index contributed by atoms with van der Waals surface area (Å²) in [5.41, 5.74) is 0. The molecule has 74 valence electrons. The van der Waals surface area contributed by atoms with Gasteiger partial charge in [-0.2, -0.15) is 5.10 Å². The van der Waals surface area contributed by atoms with Crippen molar-refractivity contribution in [3.8, 4) is 0 Å². The second-order valence-electron chi connectivity index (χ2n) is 2.84. The number of nitrogens with zero attached hydrogens (tertiary/aromatic N) is 2. The smallest absolute Gasteiger partial charge is 0.194 e. The molecule has 1 heterocycles. The minimum atomic E-state index is -2.87. The van der Waals surface area contributed by atoms with Crippen LogP contribution in [0.5, 0.6) is 0 Å². The molecule has 0 saturated carbocycles. The molecule has 1 aromatic rings. The quantitative estimate of drug-likeness (QED) is 0.746. The number of sulfone groups is 1. The predicted octanol–water partition coefficient (Wildman–Crippen LogP) is 0.375. The summed E-state index contributed by atoms with van der Waals surface area (Å²) in [4.78, 5) is 0. The third kappa shape index (κ3) is 3.69. The van der Waals surface area contributed by atoms with Gasteiger partial charge in [0.1, 0.15) is 16.2 Å². The summed E-state index contributed by atoms with van der Waals surface area (Å²) in [5, 5.41) is 6.32. The fourth-order valence-electron chi connectivity index (χ4n) is 0.927. The van der Waals surface area contributed by atoms with Crippen molar-refractivity contribution in [2.75, 3.05) is 12.0 Å². The highest BCUT2D eigenvalue weighted by atomic mass is 32.2. The molecule has 0 fully saturated rings. The molecular weight excluding hydrogens is 210 g/mol. The van der Waals surface area contributed by atoms with Gasteiger partial charge in [0.15, 0.2) is 4.77 Å². The Hall–Kier alpha value is -0.690. The van der Waals surface area contributed by atoms with Crippen LogP contribution in [0.1, 0.15) is 6.42 Å². The van der Waals surface area contributed by atoms with Gasteiger partial charge < -0.3 is 4.57 Å². The first-order valence-corrected chi connectivity index (χ1v) is 6.23. The van der Waals surface area contributed by atoms with Gasteiger partial charge in [-0.25, -0.2) is 8.42 Å². The first-order valence-electron chi connectivity index (χ1n) is 3.76. The van der Waals surface area contributed by atoms with Crippen molar-refractivity contribution >= 4 is 22.1 Å². The Morgan fingerprint density at radius 1 is 1.69 bits per heavy atom. The van der Waals surface area contributed by atoms with Crippen LogP contribution in [0.3, 0.4) is 0 Å². The van der Waals surface area contributed by atoms with Crippen LogP contribution in [0, 0.1) is 4.77 Å². The number of aryl methyl sites for hydroxylation is 1. The van der Waals surface area contributed by atoms with Gasteiger partial charge in [-0.1, -0.05) is 0 Å². The van der Waals surface area contributed by atoms with Crippen LogP contribution in [0.2, 0.25) is 0 Å². The summed E-state index contributed by atoms with van der Waals surface area (Å²) >= 11 is 4.89. The number of aromatic nitrogens is 3. The molecule has 13 heavy (non-hydrogen) atoms. The van der Waals surface area contributed by atoms with Crippen molar-refractivity contribution in [3.63, 3.8) is 0 Å². The van der Waals surface area contributed by atoms with Crippen molar-refractivity contribution in [2.24, 2.45) is 0 Å². The van der Waals surface area contributed by atoms with E-state index in [9.17, 15) is 8.42 Å². The summed E-state index contributed by atoms with van der Waals surface area (Å²) in [6, 6.07) is 0. The molecule has 1 rings (SSSR count). The first kappa shape index (κ1) is 10.4. The van der Waals surface area contributed by atoms with E-state index in [0.29, 0.717) is 17.7 Å². The lowest BCUT2D eigenvalue weighted by molar-refractivity contribution is 0.591. The second-order valence-corrected chi connectivity index (χ2v) is 5.48. The van der Waals surface area contributed by atoms with E-state index in [1.165, 1.54) is 6.26 Å². The molecule has 5 nitrogen and oxygen atoms in total. The van der Waals surface area contributed by atoms with Crippen LogP contribution in [0.4, 0.5) is 0 Å². The molecule has 0 amide bonds. The molecule has 0 saturated heterocycles. The lowest BCUT2D eigenvalue weighted by Gasteiger charge is -1.99. The van der Waals surface area contributed by atoms with Crippen LogP contribution < -0.4 is 0 Å². The molecule has 0 atom stereocenters. The summed E-state index contributed by atoms with van der Waals surface area (Å²) in [6.07, 6.45) is 3.35. The van der Waals surface area contributed by atoms with Crippen molar-refractivity contribution in [3.05, 3.63) is 11.1 Å². The largest absolute Gasteiger partial charge is 0.307 e. The number of rotatable bonds is 4. The Balaban J connectivity index is 2.46. The third-order valence-electron chi connectivity index (χ3n) is 1.53. The highest BCUT2D eigenvalue weighted by Crippen LogP contribution is 1.94. The number of hydrogen-bond acceptors (Lipinski definition) is 4. The van der Waals surface area contributed by atoms with Gasteiger partial charge in [-0.05, 0) is 18.6 Å². The maximum atomic E-state index is 10.8. The molecule has 0 bridgehead atoms. The van der Waals surface area contributed by atoms with Gasteiger partial charge in [0.05, 0.1) is 5.75 Å². The fraction of sp³-hybridized carbons (Fsp3) is 0.667. The normalized spacial score (nSPS) is 11.8. The average Bonchev–Trinajstić information content (AvgIpc) is 2.34. The Morgan fingerprint density at radius 3 is 2.85 bits per heavy atom. The second kappa shape index (κ2) is 4.01. The van der Waals surface area contributed by atoms with E-state index in [4.69, 9.17) is 12.2 Å². The molecule has 1 N–H and O–H groups in total. The van der Waals surface area contributed by atoms with E-state index in [2.05, 4.69) is 10.2 Å². The Morgan fingerprint density at radius 2 is 2.38 bits per heavy atom. The van der Waals surface area contributed by atoms with Crippen LogP contribution in [-0.4, -0.2) is 35.2 Å². The maximum absolute atomic E-state index is 10.8. The molecule has 0 unspecified atom stereocenters. The molecule has 7 heteroatoms. The Bertz CT molecular complexity index is 417. The SMILES string of the molecule is CS(=O)(=O)CCCn1cn[nH]c1=S. The zero-order valence-corrected chi connectivity index (χ0v) is 8.86. The maximum Gasteiger partial charge on any atom is 0.194 e. The number of aromatic amines is 1. The molecule has 0 spiro atoms. The van der Waals surface area contributed by atoms with Crippen LogP contribution in [0.25, 0.3) is 0 Å². The molecule has 0 radical (unpaired) electrons. The van der Waals surface area contributed by atoms with E-state index >= 15 is 0 Å². The predicted molar refractivity (Wildman–Crippen MR) is 51.7 cm³/mol. The van der Waals surface area contributed by atoms with Gasteiger partial charge in [-0.3, -0.25) is 5.10 Å². The number of nitrogens with one attached hydrogen (secondary N) is 1. The molecule has 1 aromatic heterocycles. The van der Waals surface area contributed by atoms with Crippen molar-refractivity contribution in [1.29, 1.82) is 0 Å². The third-order valence-corrected chi connectivity index (χ3v) is 2.89. The number of H-pyrrole nitrogens is 1. The number of hydrogen-bond donors (Lipinski definition) is 1. The minimum absolute atomic E-state index is 0.181. The molecule has 0 aliphatic rings. The van der Waals surface area contributed by atoms with Crippen LogP contribution >= 0.6 is 12.2 Å². The van der Waals surface area contributed by atoms with Crippen LogP contribution in [0.15, 0.2) is 6.33 Å². The van der Waals surface area contributed by atoms with E-state index < -0.39 is 9.84 Å². The van der Waals surface area contributed by atoms with E-state index in [0.717, 1.165) is 0 Å². The fourth-order valence-corrected chi connectivity index (χ4v) is 1.77. The van der Waals surface area contributed by atoms with Crippen molar-refractivity contribution in [2.45, 2.75) is 13.0 Å². The Kier molecular flexibility index (Phi) is 3.21. The monoisotopic (exact) mass is 221 g/mol. The summed E-state index contributed by atoms with van der Waals surface area (Å²) in [6.45, 7) is 0.586. The molecule has 0 aliphatic heterocycles. The molecule has 0 aliphatic carbocycles. The summed E-state index contributed by atoms with van der Waals surface area (Å²) in [5.74, 6) is 0.181. The first-order chi connectivity index (χ1) is 5.99. The summed E-state index contributed by atoms with van der Waals surface area (Å²) in [7, 11) is -2.87. The van der Waals surface area contributed by atoms with E-state index in [1.807, 2.05) is 0 Å². The van der Waals surface area contributed by atoms with Gasteiger partial charge in [0.25, 0.3) is 0 Å². The van der Waals surface area contributed by atoms with Crippen LogP contribution in [-0.2, 0) is 16.4 Å².